The summed E-state index contributed by atoms with van der Waals surface area (Å²) in [7, 11) is -3.59. The first-order valence-corrected chi connectivity index (χ1v) is 13.0. The molecule has 0 aliphatic heterocycles. The van der Waals surface area contributed by atoms with E-state index in [4.69, 9.17) is 11.6 Å². The van der Waals surface area contributed by atoms with Crippen molar-refractivity contribution in [2.45, 2.75) is 25.6 Å². The van der Waals surface area contributed by atoms with Gasteiger partial charge in [-0.1, -0.05) is 60.1 Å². The van der Waals surface area contributed by atoms with Crippen LogP contribution in [0.2, 0.25) is 5.02 Å². The van der Waals surface area contributed by atoms with Gasteiger partial charge in [0.05, 0.1) is 11.3 Å². The molecule has 0 radical (unpaired) electrons. The summed E-state index contributed by atoms with van der Waals surface area (Å²) in [4.78, 5) is 28.0. The smallest absolute Gasteiger partial charge is 0.254 e. The Labute approximate surface area is 205 Å². The van der Waals surface area contributed by atoms with Gasteiger partial charge < -0.3 is 4.90 Å². The quantitative estimate of drug-likeness (QED) is 0.416. The van der Waals surface area contributed by atoms with Crippen molar-refractivity contribution in [1.29, 1.82) is 0 Å². The van der Waals surface area contributed by atoms with Gasteiger partial charge in [0.1, 0.15) is 0 Å². The van der Waals surface area contributed by atoms with Crippen LogP contribution < -0.4 is 4.72 Å². The predicted molar refractivity (Wildman–Crippen MR) is 135 cm³/mol. The van der Waals surface area contributed by atoms with Gasteiger partial charge in [0, 0.05) is 35.3 Å². The third-order valence-electron chi connectivity index (χ3n) is 5.25. The Bertz CT molecular complexity index is 1250. The first kappa shape index (κ1) is 25.6. The average molecular weight is 499 g/mol. The second kappa shape index (κ2) is 11.4. The van der Waals surface area contributed by atoms with E-state index in [1.54, 1.807) is 79.7 Å². The highest BCUT2D eigenvalue weighted by Gasteiger charge is 2.24. The Kier molecular flexibility index (Phi) is 8.61. The van der Waals surface area contributed by atoms with Crippen molar-refractivity contribution in [1.82, 2.24) is 9.62 Å². The van der Waals surface area contributed by atoms with Crippen LogP contribution in [0.1, 0.15) is 45.7 Å². The second-order valence-corrected chi connectivity index (χ2v) is 10.2. The standard InChI is InChI=1S/C26H27ClN2O4S/c1-3-29(17-19(2)28-34(32,33)18-20-9-5-4-6-10-20)26(31)24-12-8-7-11-23(24)25(30)21-13-15-22(27)16-14-21/h4-16,19,28H,3,17-18H2,1-2H3. The SMILES string of the molecule is CCN(CC(C)NS(=O)(=O)Cc1ccccc1)C(=O)c1ccccc1C(=O)c1ccc(Cl)cc1. The summed E-state index contributed by atoms with van der Waals surface area (Å²) >= 11 is 5.92. The summed E-state index contributed by atoms with van der Waals surface area (Å²) in [5.74, 6) is -0.765. The van der Waals surface area contributed by atoms with Gasteiger partial charge in [-0.05, 0) is 49.7 Å². The normalized spacial score (nSPS) is 12.2. The molecule has 0 bridgehead atoms. The van der Waals surface area contributed by atoms with Crippen molar-refractivity contribution in [3.8, 4) is 0 Å². The number of amides is 1. The van der Waals surface area contributed by atoms with Gasteiger partial charge in [-0.15, -0.1) is 0 Å². The number of carbonyl (C=O) groups excluding carboxylic acids is 2. The molecule has 0 saturated carbocycles. The Balaban J connectivity index is 1.74. The fraction of sp³-hybridized carbons (Fsp3) is 0.231. The summed E-state index contributed by atoms with van der Waals surface area (Å²) in [5, 5.41) is 0.516. The monoisotopic (exact) mass is 498 g/mol. The van der Waals surface area contributed by atoms with Crippen molar-refractivity contribution in [3.63, 3.8) is 0 Å². The van der Waals surface area contributed by atoms with E-state index in [1.165, 1.54) is 4.90 Å². The van der Waals surface area contributed by atoms with Gasteiger partial charge in [0.2, 0.25) is 10.0 Å². The predicted octanol–water partition coefficient (Wildman–Crippen LogP) is 4.54. The molecule has 0 heterocycles. The molecule has 0 spiro atoms. The van der Waals surface area contributed by atoms with Gasteiger partial charge in [-0.2, -0.15) is 0 Å². The number of ketones is 1. The lowest BCUT2D eigenvalue weighted by molar-refractivity contribution is 0.0750. The van der Waals surface area contributed by atoms with Crippen LogP contribution in [0.4, 0.5) is 0 Å². The number of sulfonamides is 1. The molecule has 0 fully saturated rings. The Morgan fingerprint density at radius 1 is 0.912 bits per heavy atom. The van der Waals surface area contributed by atoms with E-state index in [0.717, 1.165) is 0 Å². The molecule has 8 heteroatoms. The maximum atomic E-state index is 13.4. The first-order chi connectivity index (χ1) is 16.2. The zero-order valence-electron chi connectivity index (χ0n) is 19.1. The number of rotatable bonds is 10. The summed E-state index contributed by atoms with van der Waals surface area (Å²) in [6.07, 6.45) is 0. The number of hydrogen-bond acceptors (Lipinski definition) is 4. The number of nitrogens with one attached hydrogen (secondary N) is 1. The zero-order valence-corrected chi connectivity index (χ0v) is 20.6. The number of likely N-dealkylation sites (N-methyl/N-ethyl adjacent to an activating group) is 1. The molecule has 3 aromatic rings. The highest BCUT2D eigenvalue weighted by atomic mass is 35.5. The van der Waals surface area contributed by atoms with Gasteiger partial charge in [0.15, 0.2) is 5.78 Å². The zero-order chi connectivity index (χ0) is 24.7. The lowest BCUT2D eigenvalue weighted by Crippen LogP contribution is -2.44. The number of halogens is 1. The third kappa shape index (κ3) is 6.76. The minimum absolute atomic E-state index is 0.142. The van der Waals surface area contributed by atoms with Crippen molar-refractivity contribution in [3.05, 3.63) is 106 Å². The van der Waals surface area contributed by atoms with E-state index < -0.39 is 16.1 Å². The molecule has 3 rings (SSSR count). The Hall–Kier alpha value is -3.00. The van der Waals surface area contributed by atoms with E-state index >= 15 is 0 Å². The fourth-order valence-electron chi connectivity index (χ4n) is 3.66. The minimum atomic E-state index is -3.59. The highest BCUT2D eigenvalue weighted by Crippen LogP contribution is 2.19. The van der Waals surface area contributed by atoms with Crippen LogP contribution in [0.5, 0.6) is 0 Å². The maximum absolute atomic E-state index is 13.4. The Morgan fingerprint density at radius 3 is 2.12 bits per heavy atom. The summed E-state index contributed by atoms with van der Waals surface area (Å²) in [5.41, 5.74) is 1.66. The molecular weight excluding hydrogens is 472 g/mol. The van der Waals surface area contributed by atoms with Crippen molar-refractivity contribution in [2.75, 3.05) is 13.1 Å². The van der Waals surface area contributed by atoms with E-state index in [2.05, 4.69) is 4.72 Å². The molecule has 6 nitrogen and oxygen atoms in total. The second-order valence-electron chi connectivity index (χ2n) is 7.99. The number of carbonyl (C=O) groups is 2. The van der Waals surface area contributed by atoms with E-state index in [1.807, 2.05) is 13.0 Å². The summed E-state index contributed by atoms with van der Waals surface area (Å²) < 4.78 is 27.8. The van der Waals surface area contributed by atoms with E-state index in [9.17, 15) is 18.0 Å². The first-order valence-electron chi connectivity index (χ1n) is 10.9. The maximum Gasteiger partial charge on any atom is 0.254 e. The average Bonchev–Trinajstić information content (AvgIpc) is 2.82. The lowest BCUT2D eigenvalue weighted by atomic mass is 9.97. The van der Waals surface area contributed by atoms with Crippen LogP contribution in [0.15, 0.2) is 78.9 Å². The topological polar surface area (TPSA) is 83.6 Å². The minimum Gasteiger partial charge on any atom is -0.337 e. The van der Waals surface area contributed by atoms with E-state index in [0.29, 0.717) is 22.7 Å². The number of hydrogen-bond donors (Lipinski definition) is 1. The molecule has 1 N–H and O–H groups in total. The lowest BCUT2D eigenvalue weighted by Gasteiger charge is -2.26. The molecule has 3 aromatic carbocycles. The molecule has 1 atom stereocenters. The largest absolute Gasteiger partial charge is 0.337 e. The molecule has 0 saturated heterocycles. The molecule has 0 aliphatic rings. The Morgan fingerprint density at radius 2 is 1.50 bits per heavy atom. The van der Waals surface area contributed by atoms with Gasteiger partial charge in [-0.25, -0.2) is 13.1 Å². The molecule has 178 valence electrons. The molecule has 1 amide bonds. The van der Waals surface area contributed by atoms with Crippen LogP contribution in [0.3, 0.4) is 0 Å². The van der Waals surface area contributed by atoms with Gasteiger partial charge in [0.25, 0.3) is 5.91 Å². The van der Waals surface area contributed by atoms with Crippen LogP contribution in [-0.4, -0.2) is 44.1 Å². The number of nitrogens with zero attached hydrogens (tertiary/aromatic N) is 1. The van der Waals surface area contributed by atoms with Crippen LogP contribution >= 0.6 is 11.6 Å². The fourth-order valence-corrected chi connectivity index (χ4v) is 5.19. The summed E-state index contributed by atoms with van der Waals surface area (Å²) in [6.45, 7) is 4.04. The van der Waals surface area contributed by atoms with Crippen LogP contribution in [0, 0.1) is 0 Å². The van der Waals surface area contributed by atoms with Gasteiger partial charge in [-0.3, -0.25) is 9.59 Å². The van der Waals surface area contributed by atoms with Crippen molar-refractivity contribution < 1.29 is 18.0 Å². The summed E-state index contributed by atoms with van der Waals surface area (Å²) in [6, 6.07) is 21.5. The van der Waals surface area contributed by atoms with Crippen molar-refractivity contribution in [2.24, 2.45) is 0 Å². The third-order valence-corrected chi connectivity index (χ3v) is 6.98. The molecule has 0 aliphatic carbocycles. The molecule has 1 unspecified atom stereocenters. The molecule has 34 heavy (non-hydrogen) atoms. The van der Waals surface area contributed by atoms with Gasteiger partial charge >= 0.3 is 0 Å². The molecular formula is C26H27ClN2O4S. The van der Waals surface area contributed by atoms with E-state index in [-0.39, 0.29) is 35.1 Å². The highest BCUT2D eigenvalue weighted by molar-refractivity contribution is 7.88. The molecule has 0 aromatic heterocycles. The van der Waals surface area contributed by atoms with Crippen LogP contribution in [0.25, 0.3) is 0 Å². The van der Waals surface area contributed by atoms with Crippen molar-refractivity contribution >= 4 is 33.3 Å². The number of benzene rings is 3. The van der Waals surface area contributed by atoms with Crippen LogP contribution in [-0.2, 0) is 15.8 Å².